The highest BCUT2D eigenvalue weighted by atomic mass is 16.1. The molecule has 1 aliphatic rings. The highest BCUT2D eigenvalue weighted by molar-refractivity contribution is 5.94. The van der Waals surface area contributed by atoms with Crippen LogP contribution in [-0.4, -0.2) is 32.0 Å². The van der Waals surface area contributed by atoms with Crippen LogP contribution >= 0.6 is 0 Å². The predicted molar refractivity (Wildman–Crippen MR) is 121 cm³/mol. The lowest BCUT2D eigenvalue weighted by Crippen LogP contribution is -2.41. The van der Waals surface area contributed by atoms with E-state index in [2.05, 4.69) is 72.0 Å². The first-order valence-electron chi connectivity index (χ1n) is 10.3. The van der Waals surface area contributed by atoms with Crippen molar-refractivity contribution in [2.24, 2.45) is 4.99 Å². The van der Waals surface area contributed by atoms with Crippen LogP contribution in [-0.2, 0) is 16.6 Å². The van der Waals surface area contributed by atoms with Gasteiger partial charge in [-0.25, -0.2) is 0 Å². The maximum Gasteiger partial charge on any atom is 0.225 e. The van der Waals surface area contributed by atoms with Crippen molar-refractivity contribution in [1.82, 2.24) is 10.6 Å². The first kappa shape index (κ1) is 20.9. The summed E-state index contributed by atoms with van der Waals surface area (Å²) in [5.41, 5.74) is 4.92. The maximum absolute atomic E-state index is 12.0. The summed E-state index contributed by atoms with van der Waals surface area (Å²) >= 11 is 0. The van der Waals surface area contributed by atoms with Gasteiger partial charge in [0.05, 0.1) is 0 Å². The van der Waals surface area contributed by atoms with Gasteiger partial charge in [0.2, 0.25) is 5.91 Å². The molecule has 2 aromatic rings. The fourth-order valence-corrected chi connectivity index (χ4v) is 3.62. The second-order valence-corrected chi connectivity index (χ2v) is 8.61. The average molecular weight is 393 g/mol. The Morgan fingerprint density at radius 2 is 1.83 bits per heavy atom. The summed E-state index contributed by atoms with van der Waals surface area (Å²) in [4.78, 5) is 16.3. The number of nitrogens with zero attached hydrogens (tertiary/aromatic N) is 1. The minimum absolute atomic E-state index is 0.0668. The molecule has 29 heavy (non-hydrogen) atoms. The highest BCUT2D eigenvalue weighted by Crippen LogP contribution is 2.31. The monoisotopic (exact) mass is 392 g/mol. The molecule has 5 nitrogen and oxygen atoms in total. The minimum Gasteiger partial charge on any atom is -0.356 e. The molecule has 1 aliphatic heterocycles. The van der Waals surface area contributed by atoms with Crippen molar-refractivity contribution in [3.8, 4) is 0 Å². The number of fused-ring (bicyclic) bond motifs is 1. The Kier molecular flexibility index (Phi) is 6.57. The van der Waals surface area contributed by atoms with Gasteiger partial charge in [-0.3, -0.25) is 9.79 Å². The maximum atomic E-state index is 12.0. The third kappa shape index (κ3) is 5.59. The second-order valence-electron chi connectivity index (χ2n) is 8.61. The van der Waals surface area contributed by atoms with E-state index in [9.17, 15) is 4.79 Å². The summed E-state index contributed by atoms with van der Waals surface area (Å²) in [5, 5.41) is 9.70. The fraction of sp³-hybridized carbons (Fsp3) is 0.417. The molecule has 0 aliphatic carbocycles. The zero-order valence-corrected chi connectivity index (χ0v) is 17.9. The fourth-order valence-electron chi connectivity index (χ4n) is 3.62. The first-order chi connectivity index (χ1) is 13.9. The number of hydrogen-bond acceptors (Lipinski definition) is 2. The van der Waals surface area contributed by atoms with E-state index in [1.54, 1.807) is 7.05 Å². The molecule has 3 N–H and O–H groups in total. The molecule has 2 aromatic carbocycles. The molecule has 0 spiro atoms. The number of benzene rings is 2. The van der Waals surface area contributed by atoms with E-state index >= 15 is 0 Å². The van der Waals surface area contributed by atoms with Crippen molar-refractivity contribution in [2.75, 3.05) is 25.5 Å². The summed E-state index contributed by atoms with van der Waals surface area (Å²) in [6, 6.07) is 16.8. The molecular formula is C24H32N4O. The van der Waals surface area contributed by atoms with Gasteiger partial charge in [-0.05, 0) is 34.6 Å². The summed E-state index contributed by atoms with van der Waals surface area (Å²) in [7, 11) is 1.77. The number of guanidine groups is 1. The van der Waals surface area contributed by atoms with Gasteiger partial charge >= 0.3 is 0 Å². The number of anilines is 1. The summed E-state index contributed by atoms with van der Waals surface area (Å²) in [6.45, 7) is 8.16. The Bertz CT molecular complexity index is 865. The van der Waals surface area contributed by atoms with Crippen LogP contribution in [0.5, 0.6) is 0 Å². The number of para-hydroxylation sites is 1. The Morgan fingerprint density at radius 1 is 1.10 bits per heavy atom. The van der Waals surface area contributed by atoms with Gasteiger partial charge in [-0.15, -0.1) is 0 Å². The molecule has 154 valence electrons. The van der Waals surface area contributed by atoms with E-state index < -0.39 is 0 Å². The first-order valence-corrected chi connectivity index (χ1v) is 10.3. The number of aliphatic imine (C=N–C) groups is 1. The van der Waals surface area contributed by atoms with Crippen LogP contribution in [0.1, 0.15) is 49.8 Å². The van der Waals surface area contributed by atoms with Gasteiger partial charge in [0.1, 0.15) is 0 Å². The van der Waals surface area contributed by atoms with Crippen LogP contribution in [0.15, 0.2) is 53.5 Å². The molecule has 0 saturated heterocycles. The van der Waals surface area contributed by atoms with Crippen LogP contribution in [0.2, 0.25) is 0 Å². The van der Waals surface area contributed by atoms with Crippen molar-refractivity contribution in [3.05, 3.63) is 65.2 Å². The van der Waals surface area contributed by atoms with Crippen LogP contribution in [0.4, 0.5) is 5.69 Å². The molecule has 1 atom stereocenters. The number of nitrogens with one attached hydrogen (secondary N) is 3. The minimum atomic E-state index is 0.0668. The Balaban J connectivity index is 1.50. The van der Waals surface area contributed by atoms with Crippen LogP contribution < -0.4 is 16.0 Å². The zero-order valence-electron chi connectivity index (χ0n) is 17.9. The summed E-state index contributed by atoms with van der Waals surface area (Å²) in [5.74, 6) is 0.973. The molecule has 0 aromatic heterocycles. The van der Waals surface area contributed by atoms with E-state index in [4.69, 9.17) is 0 Å². The third-order valence-electron chi connectivity index (χ3n) is 5.37. The highest BCUT2D eigenvalue weighted by Gasteiger charge is 2.24. The number of hydrogen-bond donors (Lipinski definition) is 3. The largest absolute Gasteiger partial charge is 0.356 e. The predicted octanol–water partition coefficient (Wildman–Crippen LogP) is 3.82. The molecule has 0 saturated carbocycles. The Hall–Kier alpha value is -2.82. The quantitative estimate of drug-likeness (QED) is 0.535. The Labute approximate surface area is 174 Å². The van der Waals surface area contributed by atoms with Gasteiger partial charge in [0.15, 0.2) is 5.96 Å². The lowest BCUT2D eigenvalue weighted by Gasteiger charge is -2.26. The number of carbonyl (C=O) groups is 1. The molecule has 1 amide bonds. The Morgan fingerprint density at radius 3 is 2.52 bits per heavy atom. The van der Waals surface area contributed by atoms with Gasteiger partial charge < -0.3 is 16.0 Å². The van der Waals surface area contributed by atoms with Gasteiger partial charge in [0.25, 0.3) is 0 Å². The SMILES string of the molecule is CN=C(NCCc1ccc(C(C)(C)C)cc1)NCC1CC(=O)Nc2ccccc21. The lowest BCUT2D eigenvalue weighted by atomic mass is 9.86. The van der Waals surface area contributed by atoms with Crippen LogP contribution in [0.3, 0.4) is 0 Å². The van der Waals surface area contributed by atoms with E-state index in [1.165, 1.54) is 16.7 Å². The van der Waals surface area contributed by atoms with E-state index in [0.717, 1.165) is 24.6 Å². The van der Waals surface area contributed by atoms with Gasteiger partial charge in [-0.1, -0.05) is 63.2 Å². The lowest BCUT2D eigenvalue weighted by molar-refractivity contribution is -0.116. The molecule has 1 heterocycles. The molecule has 3 rings (SSSR count). The van der Waals surface area contributed by atoms with E-state index in [1.807, 2.05) is 18.2 Å². The zero-order chi connectivity index (χ0) is 20.9. The topological polar surface area (TPSA) is 65.5 Å². The average Bonchev–Trinajstić information content (AvgIpc) is 2.70. The van der Waals surface area contributed by atoms with E-state index in [0.29, 0.717) is 13.0 Å². The summed E-state index contributed by atoms with van der Waals surface area (Å²) < 4.78 is 0. The van der Waals surface area contributed by atoms with Crippen molar-refractivity contribution in [3.63, 3.8) is 0 Å². The number of rotatable bonds is 5. The molecule has 0 fully saturated rings. The van der Waals surface area contributed by atoms with Crippen LogP contribution in [0.25, 0.3) is 0 Å². The van der Waals surface area contributed by atoms with E-state index in [-0.39, 0.29) is 17.2 Å². The smallest absolute Gasteiger partial charge is 0.225 e. The van der Waals surface area contributed by atoms with Gasteiger partial charge in [-0.2, -0.15) is 0 Å². The number of carbonyl (C=O) groups excluding carboxylic acids is 1. The molecular weight excluding hydrogens is 360 g/mol. The van der Waals surface area contributed by atoms with Crippen molar-refractivity contribution in [2.45, 2.75) is 44.9 Å². The standard InChI is InChI=1S/C24H32N4O/c1-24(2,3)19-11-9-17(10-12-19)13-14-26-23(25-4)27-16-18-15-22(29)28-21-8-6-5-7-20(18)21/h5-12,18H,13-16H2,1-4H3,(H,28,29)(H2,25,26,27). The van der Waals surface area contributed by atoms with Crippen molar-refractivity contribution in [1.29, 1.82) is 0 Å². The third-order valence-corrected chi connectivity index (χ3v) is 5.37. The number of amides is 1. The van der Waals surface area contributed by atoms with Crippen molar-refractivity contribution < 1.29 is 4.79 Å². The molecule has 1 unspecified atom stereocenters. The molecule has 0 radical (unpaired) electrons. The van der Waals surface area contributed by atoms with Crippen molar-refractivity contribution >= 4 is 17.6 Å². The molecule has 0 bridgehead atoms. The van der Waals surface area contributed by atoms with Crippen LogP contribution in [0, 0.1) is 0 Å². The molecule has 5 heteroatoms. The summed E-state index contributed by atoms with van der Waals surface area (Å²) in [6.07, 6.45) is 1.42. The van der Waals surface area contributed by atoms with Gasteiger partial charge in [0, 0.05) is 38.2 Å². The normalized spacial score (nSPS) is 16.8. The second kappa shape index (κ2) is 9.12.